The second-order valence-corrected chi connectivity index (χ2v) is 7.37. The number of hydrogen-bond acceptors (Lipinski definition) is 2. The number of rotatable bonds is 4. The van der Waals surface area contributed by atoms with Gasteiger partial charge in [0.2, 0.25) is 0 Å². The Balaban J connectivity index is 1.68. The first-order valence-electron chi connectivity index (χ1n) is 9.08. The zero-order valence-corrected chi connectivity index (χ0v) is 15.2. The molecule has 0 N–H and O–H groups in total. The molecule has 2 aromatic carbocycles. The average Bonchev–Trinajstić information content (AvgIpc) is 3.00. The minimum Gasteiger partial charge on any atom is -0.348 e. The Hall–Kier alpha value is -2.55. The molecule has 1 unspecified atom stereocenters. The molecule has 2 heterocycles. The Morgan fingerprint density at radius 3 is 2.68 bits per heavy atom. The van der Waals surface area contributed by atoms with Crippen LogP contribution in [0.1, 0.15) is 31.9 Å². The van der Waals surface area contributed by atoms with Crippen molar-refractivity contribution in [2.75, 3.05) is 11.4 Å². The monoisotopic (exact) mass is 331 g/mol. The third-order valence-corrected chi connectivity index (χ3v) is 4.87. The maximum Gasteiger partial charge on any atom is 0.118 e. The minimum atomic E-state index is 0.211. The summed E-state index contributed by atoms with van der Waals surface area (Å²) < 4.78 is 2.30. The van der Waals surface area contributed by atoms with Crippen molar-refractivity contribution >= 4 is 22.7 Å². The van der Waals surface area contributed by atoms with Gasteiger partial charge in [0.1, 0.15) is 6.17 Å². The van der Waals surface area contributed by atoms with Gasteiger partial charge in [-0.15, -0.1) is 0 Å². The molecule has 0 radical (unpaired) electrons. The molecule has 3 aromatic rings. The van der Waals surface area contributed by atoms with Gasteiger partial charge in [0.05, 0.1) is 5.69 Å². The van der Waals surface area contributed by atoms with Gasteiger partial charge in [0.25, 0.3) is 0 Å². The van der Waals surface area contributed by atoms with Gasteiger partial charge in [-0.1, -0.05) is 56.3 Å². The molecule has 128 valence electrons. The van der Waals surface area contributed by atoms with Gasteiger partial charge in [0, 0.05) is 37.3 Å². The Morgan fingerprint density at radius 2 is 1.84 bits per heavy atom. The molecule has 1 aliphatic heterocycles. The molecule has 0 bridgehead atoms. The van der Waals surface area contributed by atoms with E-state index in [1.54, 1.807) is 0 Å². The molecule has 3 heteroatoms. The summed E-state index contributed by atoms with van der Waals surface area (Å²) in [6, 6.07) is 15.2. The lowest BCUT2D eigenvalue weighted by Gasteiger charge is -2.32. The van der Waals surface area contributed by atoms with E-state index >= 15 is 0 Å². The number of anilines is 1. The number of nitrogens with zero attached hydrogens (tertiary/aromatic N) is 3. The first-order chi connectivity index (χ1) is 12.1. The maximum atomic E-state index is 4.66. The van der Waals surface area contributed by atoms with Crippen LogP contribution in [0.5, 0.6) is 0 Å². The molecule has 0 spiro atoms. The lowest BCUT2D eigenvalue weighted by atomic mass is 10.0. The van der Waals surface area contributed by atoms with Crippen molar-refractivity contribution < 1.29 is 0 Å². The molecule has 1 aromatic heterocycles. The summed E-state index contributed by atoms with van der Waals surface area (Å²) in [5.74, 6) is 0.616. The Labute approximate surface area is 149 Å². The van der Waals surface area contributed by atoms with Crippen LogP contribution in [0.25, 0.3) is 10.8 Å². The van der Waals surface area contributed by atoms with Gasteiger partial charge in [-0.3, -0.25) is 4.99 Å². The number of fused-ring (bicyclic) bond motifs is 2. The van der Waals surface area contributed by atoms with Crippen molar-refractivity contribution in [1.82, 2.24) is 4.57 Å². The van der Waals surface area contributed by atoms with Crippen molar-refractivity contribution in [2.24, 2.45) is 10.9 Å². The smallest absolute Gasteiger partial charge is 0.118 e. The fourth-order valence-corrected chi connectivity index (χ4v) is 3.69. The Bertz CT molecular complexity index is 915. The maximum absolute atomic E-state index is 4.66. The molecule has 0 aliphatic carbocycles. The van der Waals surface area contributed by atoms with E-state index in [4.69, 9.17) is 0 Å². The van der Waals surface area contributed by atoms with Crippen molar-refractivity contribution in [3.63, 3.8) is 0 Å². The third kappa shape index (κ3) is 3.07. The molecule has 3 nitrogen and oxygen atoms in total. The average molecular weight is 331 g/mol. The standard InChI is InChI=1S/C22H25N3/c1-16(2)12-25-17(3)23-11-20-14-24(15-22(20)25)13-19-9-6-8-18-7-4-5-10-21(18)19/h4-11,14-17H,12-13H2,1-3H3. The molecule has 1 atom stereocenters. The van der Waals surface area contributed by atoms with Crippen LogP contribution in [0.2, 0.25) is 0 Å². The molecule has 0 amide bonds. The van der Waals surface area contributed by atoms with Crippen LogP contribution in [0.15, 0.2) is 59.9 Å². The summed E-state index contributed by atoms with van der Waals surface area (Å²) in [7, 11) is 0. The summed E-state index contributed by atoms with van der Waals surface area (Å²) in [5.41, 5.74) is 3.88. The zero-order valence-electron chi connectivity index (χ0n) is 15.2. The molecular formula is C22H25N3. The Morgan fingerprint density at radius 1 is 1.04 bits per heavy atom. The molecule has 4 rings (SSSR count). The molecule has 1 aliphatic rings. The van der Waals surface area contributed by atoms with E-state index in [1.165, 1.54) is 27.6 Å². The first kappa shape index (κ1) is 15.9. The van der Waals surface area contributed by atoms with E-state index in [0.717, 1.165) is 13.1 Å². The van der Waals surface area contributed by atoms with Gasteiger partial charge in [-0.2, -0.15) is 0 Å². The summed E-state index contributed by atoms with van der Waals surface area (Å²) in [6.45, 7) is 8.61. The second kappa shape index (κ2) is 6.40. The Kier molecular flexibility index (Phi) is 4.08. The van der Waals surface area contributed by atoms with Gasteiger partial charge in [0.15, 0.2) is 0 Å². The SMILES string of the molecule is CC(C)CN1c2cn(Cc3cccc4ccccc34)cc2C=NC1C. The topological polar surface area (TPSA) is 20.5 Å². The van der Waals surface area contributed by atoms with E-state index in [2.05, 4.69) is 90.1 Å². The molecule has 0 saturated carbocycles. The highest BCUT2D eigenvalue weighted by molar-refractivity contribution is 5.90. The second-order valence-electron chi connectivity index (χ2n) is 7.37. The number of benzene rings is 2. The molecular weight excluding hydrogens is 306 g/mol. The van der Waals surface area contributed by atoms with E-state index < -0.39 is 0 Å². The zero-order chi connectivity index (χ0) is 17.4. The van der Waals surface area contributed by atoms with Crippen molar-refractivity contribution in [3.8, 4) is 0 Å². The lowest BCUT2D eigenvalue weighted by Crippen LogP contribution is -2.37. The van der Waals surface area contributed by atoms with E-state index in [1.807, 2.05) is 6.21 Å². The predicted molar refractivity (Wildman–Crippen MR) is 107 cm³/mol. The van der Waals surface area contributed by atoms with E-state index in [0.29, 0.717) is 5.92 Å². The van der Waals surface area contributed by atoms with Gasteiger partial charge in [-0.05, 0) is 29.2 Å². The van der Waals surface area contributed by atoms with Crippen LogP contribution in [0.3, 0.4) is 0 Å². The normalized spacial score (nSPS) is 16.6. The predicted octanol–water partition coefficient (Wildman–Crippen LogP) is 4.93. The fraction of sp³-hybridized carbons (Fsp3) is 0.318. The van der Waals surface area contributed by atoms with Crippen molar-refractivity contribution in [3.05, 3.63) is 66.0 Å². The van der Waals surface area contributed by atoms with E-state index in [9.17, 15) is 0 Å². The highest BCUT2D eigenvalue weighted by Crippen LogP contribution is 2.29. The summed E-state index contributed by atoms with van der Waals surface area (Å²) in [4.78, 5) is 7.08. The largest absolute Gasteiger partial charge is 0.348 e. The first-order valence-corrected chi connectivity index (χ1v) is 9.08. The highest BCUT2D eigenvalue weighted by Gasteiger charge is 2.22. The fourth-order valence-electron chi connectivity index (χ4n) is 3.69. The molecule has 25 heavy (non-hydrogen) atoms. The minimum absolute atomic E-state index is 0.211. The van der Waals surface area contributed by atoms with Crippen LogP contribution >= 0.6 is 0 Å². The third-order valence-electron chi connectivity index (χ3n) is 4.87. The molecule has 0 saturated heterocycles. The number of hydrogen-bond donors (Lipinski definition) is 0. The van der Waals surface area contributed by atoms with Gasteiger partial charge >= 0.3 is 0 Å². The van der Waals surface area contributed by atoms with E-state index in [-0.39, 0.29) is 6.17 Å². The quantitative estimate of drug-likeness (QED) is 0.664. The number of aromatic nitrogens is 1. The van der Waals surface area contributed by atoms with Crippen LogP contribution < -0.4 is 4.90 Å². The van der Waals surface area contributed by atoms with Crippen LogP contribution in [0.4, 0.5) is 5.69 Å². The van der Waals surface area contributed by atoms with Crippen LogP contribution in [-0.2, 0) is 6.54 Å². The lowest BCUT2D eigenvalue weighted by molar-refractivity contribution is 0.559. The summed E-state index contributed by atoms with van der Waals surface area (Å²) >= 11 is 0. The molecule has 0 fully saturated rings. The summed E-state index contributed by atoms with van der Waals surface area (Å²) in [5, 5.41) is 2.63. The van der Waals surface area contributed by atoms with Crippen molar-refractivity contribution in [2.45, 2.75) is 33.5 Å². The van der Waals surface area contributed by atoms with Crippen LogP contribution in [0, 0.1) is 5.92 Å². The van der Waals surface area contributed by atoms with Crippen molar-refractivity contribution in [1.29, 1.82) is 0 Å². The van der Waals surface area contributed by atoms with Gasteiger partial charge in [-0.25, -0.2) is 0 Å². The summed E-state index contributed by atoms with van der Waals surface area (Å²) in [6.07, 6.45) is 6.74. The number of aliphatic imine (C=N–C) groups is 1. The highest BCUT2D eigenvalue weighted by atomic mass is 15.3. The van der Waals surface area contributed by atoms with Gasteiger partial charge < -0.3 is 9.47 Å². The van der Waals surface area contributed by atoms with Crippen LogP contribution in [-0.4, -0.2) is 23.5 Å².